The van der Waals surface area contributed by atoms with E-state index < -0.39 is 11.7 Å². The van der Waals surface area contributed by atoms with E-state index in [1.807, 2.05) is 39.0 Å². The Labute approximate surface area is 127 Å². The summed E-state index contributed by atoms with van der Waals surface area (Å²) in [6, 6.07) is 5.66. The Hall–Kier alpha value is -0.630. The molecule has 0 radical (unpaired) electrons. The summed E-state index contributed by atoms with van der Waals surface area (Å²) in [5, 5.41) is 0.911. The van der Waals surface area contributed by atoms with Crippen molar-refractivity contribution in [2.24, 2.45) is 0 Å². The maximum atomic E-state index is 12.1. The normalized spacial score (nSPS) is 11.8. The molecule has 96 valence electrons. The van der Waals surface area contributed by atoms with Gasteiger partial charge in [0, 0.05) is 5.39 Å². The molecule has 0 saturated carbocycles. The van der Waals surface area contributed by atoms with Gasteiger partial charge in [-0.15, -0.1) is 0 Å². The maximum Gasteiger partial charge on any atom is 0.421 e. The molecule has 6 heteroatoms. The molecule has 2 heterocycles. The van der Waals surface area contributed by atoms with Crippen LogP contribution in [-0.2, 0) is 4.74 Å². The maximum absolute atomic E-state index is 12.1. The summed E-state index contributed by atoms with van der Waals surface area (Å²) in [6.45, 7) is 5.52. The molecule has 0 aliphatic rings. The van der Waals surface area contributed by atoms with Crippen LogP contribution >= 0.6 is 38.5 Å². The first kappa shape index (κ1) is 13.8. The van der Waals surface area contributed by atoms with E-state index in [9.17, 15) is 4.79 Å². The second kappa shape index (κ2) is 4.80. The van der Waals surface area contributed by atoms with E-state index in [2.05, 4.69) is 43.5 Å². The smallest absolute Gasteiger partial charge is 0.421 e. The zero-order chi connectivity index (χ0) is 13.5. The molecule has 0 fully saturated rings. The molecule has 0 atom stereocenters. The molecular weight excluding hydrogens is 411 g/mol. The monoisotopic (exact) mass is 422 g/mol. The minimum atomic E-state index is -0.525. The lowest BCUT2D eigenvalue weighted by atomic mass is 10.2. The number of fused-ring (bicyclic) bond motifs is 1. The Morgan fingerprint density at radius 2 is 2.11 bits per heavy atom. The van der Waals surface area contributed by atoms with Crippen LogP contribution < -0.4 is 0 Å². The van der Waals surface area contributed by atoms with Gasteiger partial charge in [-0.3, -0.25) is 0 Å². The molecule has 2 aromatic heterocycles. The summed E-state index contributed by atoms with van der Waals surface area (Å²) in [5.74, 6) is 0. The minimum absolute atomic E-state index is 0.410. The standard InChI is InChI=1S/C12H12BrIN2O2/c1-12(2,3)18-11(17)16-9(14)6-7-4-5-8(13)15-10(7)16/h4-6H,1-3H3. The molecule has 0 bridgehead atoms. The van der Waals surface area contributed by atoms with Crippen LogP contribution in [0.2, 0.25) is 0 Å². The van der Waals surface area contributed by atoms with Crippen molar-refractivity contribution in [2.45, 2.75) is 26.4 Å². The van der Waals surface area contributed by atoms with E-state index in [1.165, 1.54) is 4.57 Å². The van der Waals surface area contributed by atoms with Crippen LogP contribution in [0.15, 0.2) is 22.8 Å². The molecule has 4 nitrogen and oxygen atoms in total. The van der Waals surface area contributed by atoms with Gasteiger partial charge in [-0.25, -0.2) is 14.3 Å². The Morgan fingerprint density at radius 3 is 2.72 bits per heavy atom. The van der Waals surface area contributed by atoms with Crippen molar-refractivity contribution in [1.82, 2.24) is 9.55 Å². The molecule has 0 N–H and O–H groups in total. The lowest BCUT2D eigenvalue weighted by Gasteiger charge is -2.20. The van der Waals surface area contributed by atoms with E-state index in [-0.39, 0.29) is 0 Å². The Kier molecular flexibility index (Phi) is 3.68. The summed E-state index contributed by atoms with van der Waals surface area (Å²) in [6.07, 6.45) is -0.410. The van der Waals surface area contributed by atoms with Crippen LogP contribution in [0.4, 0.5) is 4.79 Å². The third-order valence-electron chi connectivity index (χ3n) is 2.15. The SMILES string of the molecule is CC(C)(C)OC(=O)n1c(I)cc2ccc(Br)nc21. The first-order chi connectivity index (χ1) is 8.28. The highest BCUT2D eigenvalue weighted by Crippen LogP contribution is 2.23. The number of halogens is 2. The topological polar surface area (TPSA) is 44.1 Å². The number of ether oxygens (including phenoxy) is 1. The number of carbonyl (C=O) groups excluding carboxylic acids is 1. The van der Waals surface area contributed by atoms with Gasteiger partial charge in [-0.05, 0) is 77.5 Å². The van der Waals surface area contributed by atoms with Crippen LogP contribution in [-0.4, -0.2) is 21.2 Å². The second-order valence-corrected chi connectivity index (χ2v) is 6.75. The largest absolute Gasteiger partial charge is 0.443 e. The minimum Gasteiger partial charge on any atom is -0.443 e. The molecule has 0 spiro atoms. The summed E-state index contributed by atoms with van der Waals surface area (Å²) >= 11 is 5.41. The van der Waals surface area contributed by atoms with Gasteiger partial charge in [-0.2, -0.15) is 0 Å². The van der Waals surface area contributed by atoms with E-state index in [1.54, 1.807) is 0 Å². The summed E-state index contributed by atoms with van der Waals surface area (Å²) in [5.41, 5.74) is 0.0750. The van der Waals surface area contributed by atoms with Crippen molar-refractivity contribution in [2.75, 3.05) is 0 Å². The average Bonchev–Trinajstić information content (AvgIpc) is 2.50. The third kappa shape index (κ3) is 2.85. The molecule has 0 unspecified atom stereocenters. The van der Waals surface area contributed by atoms with Crippen molar-refractivity contribution in [3.8, 4) is 0 Å². The number of carbonyl (C=O) groups is 1. The van der Waals surface area contributed by atoms with Crippen molar-refractivity contribution in [1.29, 1.82) is 0 Å². The molecule has 0 aliphatic heterocycles. The van der Waals surface area contributed by atoms with Gasteiger partial charge in [0.15, 0.2) is 5.65 Å². The first-order valence-electron chi connectivity index (χ1n) is 5.35. The molecule has 0 aliphatic carbocycles. The van der Waals surface area contributed by atoms with Crippen molar-refractivity contribution < 1.29 is 9.53 Å². The lowest BCUT2D eigenvalue weighted by Crippen LogP contribution is -2.27. The van der Waals surface area contributed by atoms with Gasteiger partial charge in [0.25, 0.3) is 0 Å². The van der Waals surface area contributed by atoms with Gasteiger partial charge in [-0.1, -0.05) is 0 Å². The van der Waals surface area contributed by atoms with E-state index in [0.717, 1.165) is 9.09 Å². The summed E-state index contributed by atoms with van der Waals surface area (Å²) in [7, 11) is 0. The Bertz CT molecular complexity index is 616. The second-order valence-electron chi connectivity index (χ2n) is 4.83. The lowest BCUT2D eigenvalue weighted by molar-refractivity contribution is 0.0540. The highest BCUT2D eigenvalue weighted by molar-refractivity contribution is 14.1. The zero-order valence-corrected chi connectivity index (χ0v) is 13.9. The predicted octanol–water partition coefficient (Wildman–Crippen LogP) is 4.19. The molecule has 0 saturated heterocycles. The Morgan fingerprint density at radius 1 is 1.44 bits per heavy atom. The van der Waals surface area contributed by atoms with E-state index in [4.69, 9.17) is 4.74 Å². The van der Waals surface area contributed by atoms with Crippen molar-refractivity contribution in [3.05, 3.63) is 26.5 Å². The van der Waals surface area contributed by atoms with Crippen LogP contribution in [0.3, 0.4) is 0 Å². The van der Waals surface area contributed by atoms with Crippen LogP contribution in [0.25, 0.3) is 11.0 Å². The van der Waals surface area contributed by atoms with Gasteiger partial charge in [0.2, 0.25) is 0 Å². The van der Waals surface area contributed by atoms with Gasteiger partial charge < -0.3 is 4.74 Å². The fourth-order valence-corrected chi connectivity index (χ4v) is 2.56. The number of rotatable bonds is 0. The van der Waals surface area contributed by atoms with E-state index >= 15 is 0 Å². The van der Waals surface area contributed by atoms with Crippen LogP contribution in [0.5, 0.6) is 0 Å². The fourth-order valence-electron chi connectivity index (χ4n) is 1.50. The van der Waals surface area contributed by atoms with Gasteiger partial charge in [0.1, 0.15) is 10.2 Å². The van der Waals surface area contributed by atoms with Crippen molar-refractivity contribution in [3.63, 3.8) is 0 Å². The molecular formula is C12H12BrIN2O2. The third-order valence-corrected chi connectivity index (χ3v) is 3.38. The molecule has 0 amide bonds. The molecule has 2 rings (SSSR count). The van der Waals surface area contributed by atoms with Crippen LogP contribution in [0, 0.1) is 3.70 Å². The number of hydrogen-bond acceptors (Lipinski definition) is 3. The fraction of sp³-hybridized carbons (Fsp3) is 0.333. The number of nitrogens with zero attached hydrogens (tertiary/aromatic N) is 2. The Balaban J connectivity index is 2.53. The average molecular weight is 423 g/mol. The zero-order valence-electron chi connectivity index (χ0n) is 10.2. The number of aromatic nitrogens is 2. The number of pyridine rings is 1. The quantitative estimate of drug-likeness (QED) is 0.472. The van der Waals surface area contributed by atoms with Crippen molar-refractivity contribution >= 4 is 55.6 Å². The van der Waals surface area contributed by atoms with Crippen LogP contribution in [0.1, 0.15) is 20.8 Å². The number of hydrogen-bond donors (Lipinski definition) is 0. The summed E-state index contributed by atoms with van der Waals surface area (Å²) < 4.78 is 8.32. The molecule has 2 aromatic rings. The molecule has 18 heavy (non-hydrogen) atoms. The summed E-state index contributed by atoms with van der Waals surface area (Å²) in [4.78, 5) is 16.5. The first-order valence-corrected chi connectivity index (χ1v) is 7.22. The molecule has 0 aromatic carbocycles. The van der Waals surface area contributed by atoms with Gasteiger partial charge in [0.05, 0.1) is 3.70 Å². The highest BCUT2D eigenvalue weighted by atomic mass is 127. The van der Waals surface area contributed by atoms with E-state index in [0.29, 0.717) is 10.3 Å². The highest BCUT2D eigenvalue weighted by Gasteiger charge is 2.22. The predicted molar refractivity (Wildman–Crippen MR) is 81.8 cm³/mol. The van der Waals surface area contributed by atoms with Gasteiger partial charge >= 0.3 is 6.09 Å².